The van der Waals surface area contributed by atoms with Crippen LogP contribution in [0.5, 0.6) is 0 Å². The lowest BCUT2D eigenvalue weighted by molar-refractivity contribution is 0.548. The standard InChI is InChI=1S/C9H17N3/c1-2-3-4-6-12-7-5-9(8-10)11-12/h5,7H,2-4,6,8,10H2,1H3. The fourth-order valence-corrected chi connectivity index (χ4v) is 1.16. The molecule has 0 saturated carbocycles. The summed E-state index contributed by atoms with van der Waals surface area (Å²) in [4.78, 5) is 0. The van der Waals surface area contributed by atoms with Gasteiger partial charge in [0.25, 0.3) is 0 Å². The van der Waals surface area contributed by atoms with E-state index in [9.17, 15) is 0 Å². The molecule has 0 aromatic carbocycles. The fraction of sp³-hybridized carbons (Fsp3) is 0.667. The topological polar surface area (TPSA) is 43.8 Å². The molecule has 0 aliphatic heterocycles. The van der Waals surface area contributed by atoms with E-state index in [4.69, 9.17) is 5.73 Å². The first kappa shape index (κ1) is 9.26. The maximum absolute atomic E-state index is 5.44. The molecule has 0 fully saturated rings. The Kier molecular flexibility index (Phi) is 3.80. The minimum atomic E-state index is 0.542. The summed E-state index contributed by atoms with van der Waals surface area (Å²) < 4.78 is 1.97. The highest BCUT2D eigenvalue weighted by atomic mass is 15.3. The minimum absolute atomic E-state index is 0.542. The van der Waals surface area contributed by atoms with Crippen LogP contribution in [-0.2, 0) is 13.1 Å². The second-order valence-corrected chi connectivity index (χ2v) is 2.98. The van der Waals surface area contributed by atoms with Gasteiger partial charge in [-0.15, -0.1) is 0 Å². The van der Waals surface area contributed by atoms with Crippen molar-refractivity contribution in [3.63, 3.8) is 0 Å². The van der Waals surface area contributed by atoms with Crippen LogP contribution in [0.25, 0.3) is 0 Å². The number of rotatable bonds is 5. The second-order valence-electron chi connectivity index (χ2n) is 2.98. The maximum atomic E-state index is 5.44. The number of nitrogens with two attached hydrogens (primary N) is 1. The maximum Gasteiger partial charge on any atom is 0.0760 e. The van der Waals surface area contributed by atoms with Gasteiger partial charge in [-0.05, 0) is 12.5 Å². The average Bonchev–Trinajstić information content (AvgIpc) is 2.53. The number of aromatic nitrogens is 2. The van der Waals surface area contributed by atoms with Gasteiger partial charge in [0.05, 0.1) is 5.69 Å². The zero-order chi connectivity index (χ0) is 8.81. The Morgan fingerprint density at radius 1 is 1.50 bits per heavy atom. The third-order valence-corrected chi connectivity index (χ3v) is 1.90. The molecule has 0 amide bonds. The molecular formula is C9H17N3. The molecule has 0 spiro atoms. The molecule has 1 rings (SSSR count). The lowest BCUT2D eigenvalue weighted by atomic mass is 10.2. The molecule has 0 aliphatic rings. The van der Waals surface area contributed by atoms with E-state index in [0.29, 0.717) is 6.54 Å². The summed E-state index contributed by atoms with van der Waals surface area (Å²) in [5.74, 6) is 0. The van der Waals surface area contributed by atoms with Crippen LogP contribution < -0.4 is 5.73 Å². The number of unbranched alkanes of at least 4 members (excludes halogenated alkanes) is 2. The highest BCUT2D eigenvalue weighted by Crippen LogP contribution is 1.99. The van der Waals surface area contributed by atoms with E-state index in [1.165, 1.54) is 19.3 Å². The molecule has 0 aliphatic carbocycles. The van der Waals surface area contributed by atoms with Crippen molar-refractivity contribution in [1.82, 2.24) is 9.78 Å². The smallest absolute Gasteiger partial charge is 0.0760 e. The van der Waals surface area contributed by atoms with Gasteiger partial charge in [0.2, 0.25) is 0 Å². The van der Waals surface area contributed by atoms with Gasteiger partial charge < -0.3 is 5.73 Å². The Labute approximate surface area is 73.6 Å². The molecule has 3 heteroatoms. The van der Waals surface area contributed by atoms with Gasteiger partial charge in [-0.2, -0.15) is 5.10 Å². The second kappa shape index (κ2) is 4.93. The van der Waals surface area contributed by atoms with Crippen molar-refractivity contribution in [1.29, 1.82) is 0 Å². The minimum Gasteiger partial charge on any atom is -0.325 e. The first-order valence-electron chi connectivity index (χ1n) is 4.59. The van der Waals surface area contributed by atoms with E-state index in [1.807, 2.05) is 16.9 Å². The average molecular weight is 167 g/mol. The lowest BCUT2D eigenvalue weighted by Gasteiger charge is -1.98. The number of aryl methyl sites for hydroxylation is 1. The normalized spacial score (nSPS) is 10.5. The monoisotopic (exact) mass is 167 g/mol. The Hall–Kier alpha value is -0.830. The van der Waals surface area contributed by atoms with E-state index < -0.39 is 0 Å². The van der Waals surface area contributed by atoms with Crippen LogP contribution in [0.1, 0.15) is 31.9 Å². The SMILES string of the molecule is CCCCCn1ccc(CN)n1. The van der Waals surface area contributed by atoms with Crippen LogP contribution in [0.2, 0.25) is 0 Å². The summed E-state index contributed by atoms with van der Waals surface area (Å²) in [6.45, 7) is 3.77. The molecule has 1 aromatic heterocycles. The van der Waals surface area contributed by atoms with E-state index in [-0.39, 0.29) is 0 Å². The van der Waals surface area contributed by atoms with Gasteiger partial charge in [0, 0.05) is 19.3 Å². The summed E-state index contributed by atoms with van der Waals surface area (Å²) in [6, 6.07) is 1.98. The quantitative estimate of drug-likeness (QED) is 0.676. The third-order valence-electron chi connectivity index (χ3n) is 1.90. The predicted molar refractivity (Wildman–Crippen MR) is 49.6 cm³/mol. The molecule has 1 aromatic rings. The molecular weight excluding hydrogens is 150 g/mol. The van der Waals surface area contributed by atoms with Gasteiger partial charge in [-0.1, -0.05) is 19.8 Å². The summed E-state index contributed by atoms with van der Waals surface area (Å²) in [5.41, 5.74) is 6.42. The van der Waals surface area contributed by atoms with Crippen LogP contribution in [0, 0.1) is 0 Å². The molecule has 12 heavy (non-hydrogen) atoms. The van der Waals surface area contributed by atoms with Crippen molar-refractivity contribution in [3.05, 3.63) is 18.0 Å². The summed E-state index contributed by atoms with van der Waals surface area (Å²) >= 11 is 0. The number of hydrogen-bond donors (Lipinski definition) is 1. The molecule has 1 heterocycles. The van der Waals surface area contributed by atoms with Crippen LogP contribution in [0.4, 0.5) is 0 Å². The van der Waals surface area contributed by atoms with Crippen LogP contribution in [0.3, 0.4) is 0 Å². The van der Waals surface area contributed by atoms with Crippen molar-refractivity contribution in [2.24, 2.45) is 5.73 Å². The van der Waals surface area contributed by atoms with E-state index in [1.54, 1.807) is 0 Å². The molecule has 68 valence electrons. The highest BCUT2D eigenvalue weighted by Gasteiger charge is 1.95. The zero-order valence-corrected chi connectivity index (χ0v) is 7.66. The Morgan fingerprint density at radius 3 is 2.92 bits per heavy atom. The summed E-state index contributed by atoms with van der Waals surface area (Å²) in [5, 5.41) is 4.29. The first-order chi connectivity index (χ1) is 5.86. The number of nitrogens with zero attached hydrogens (tertiary/aromatic N) is 2. The van der Waals surface area contributed by atoms with Gasteiger partial charge in [0.15, 0.2) is 0 Å². The van der Waals surface area contributed by atoms with Gasteiger partial charge in [0.1, 0.15) is 0 Å². The van der Waals surface area contributed by atoms with Gasteiger partial charge in [-0.25, -0.2) is 0 Å². The van der Waals surface area contributed by atoms with Crippen molar-refractivity contribution < 1.29 is 0 Å². The molecule has 0 atom stereocenters. The van der Waals surface area contributed by atoms with E-state index >= 15 is 0 Å². The van der Waals surface area contributed by atoms with Crippen LogP contribution in [-0.4, -0.2) is 9.78 Å². The summed E-state index contributed by atoms with van der Waals surface area (Å²) in [7, 11) is 0. The molecule has 2 N–H and O–H groups in total. The van der Waals surface area contributed by atoms with E-state index in [2.05, 4.69) is 12.0 Å². The van der Waals surface area contributed by atoms with Crippen LogP contribution in [0.15, 0.2) is 12.3 Å². The van der Waals surface area contributed by atoms with Crippen molar-refractivity contribution in [2.75, 3.05) is 0 Å². The predicted octanol–water partition coefficient (Wildman–Crippen LogP) is 1.53. The van der Waals surface area contributed by atoms with Crippen molar-refractivity contribution >= 4 is 0 Å². The first-order valence-corrected chi connectivity index (χ1v) is 4.59. The van der Waals surface area contributed by atoms with E-state index in [0.717, 1.165) is 12.2 Å². The van der Waals surface area contributed by atoms with Gasteiger partial charge in [-0.3, -0.25) is 4.68 Å². The molecule has 0 saturated heterocycles. The van der Waals surface area contributed by atoms with Gasteiger partial charge >= 0.3 is 0 Å². The summed E-state index contributed by atoms with van der Waals surface area (Å²) in [6.07, 6.45) is 5.74. The largest absolute Gasteiger partial charge is 0.325 e. The molecule has 0 bridgehead atoms. The lowest BCUT2D eigenvalue weighted by Crippen LogP contribution is -2.02. The molecule has 0 unspecified atom stereocenters. The highest BCUT2D eigenvalue weighted by molar-refractivity contribution is 4.97. The van der Waals surface area contributed by atoms with Crippen molar-refractivity contribution in [2.45, 2.75) is 39.3 Å². The Bertz CT molecular complexity index is 217. The molecule has 0 radical (unpaired) electrons. The Balaban J connectivity index is 2.31. The Morgan fingerprint density at radius 2 is 2.33 bits per heavy atom. The zero-order valence-electron chi connectivity index (χ0n) is 7.66. The fourth-order valence-electron chi connectivity index (χ4n) is 1.16. The number of hydrogen-bond acceptors (Lipinski definition) is 2. The van der Waals surface area contributed by atoms with Crippen LogP contribution >= 0.6 is 0 Å². The molecule has 3 nitrogen and oxygen atoms in total. The third kappa shape index (κ3) is 2.66. The van der Waals surface area contributed by atoms with Crippen molar-refractivity contribution in [3.8, 4) is 0 Å².